The van der Waals surface area contributed by atoms with E-state index in [-0.39, 0.29) is 5.02 Å². The Morgan fingerprint density at radius 1 is 1.07 bits per heavy atom. The van der Waals surface area contributed by atoms with Crippen molar-refractivity contribution >= 4 is 40.5 Å². The molecular weight excluding hydrogens is 409 g/mol. The van der Waals surface area contributed by atoms with E-state index in [1.807, 2.05) is 12.5 Å². The van der Waals surface area contributed by atoms with Gasteiger partial charge in [-0.05, 0) is 31.0 Å². The third kappa shape index (κ3) is 3.57. The monoisotopic (exact) mass is 423 g/mol. The van der Waals surface area contributed by atoms with Crippen molar-refractivity contribution in [2.75, 3.05) is 18.0 Å². The zero-order chi connectivity index (χ0) is 19.0. The molecule has 0 amide bonds. The normalized spacial score (nSPS) is 15.3. The van der Waals surface area contributed by atoms with E-state index in [4.69, 9.17) is 34.8 Å². The van der Waals surface area contributed by atoms with Crippen LogP contribution >= 0.6 is 34.8 Å². The second-order valence-electron chi connectivity index (χ2n) is 6.38. The van der Waals surface area contributed by atoms with Gasteiger partial charge < -0.3 is 9.47 Å². The summed E-state index contributed by atoms with van der Waals surface area (Å²) in [7, 11) is 0. The average molecular weight is 425 g/mol. The summed E-state index contributed by atoms with van der Waals surface area (Å²) in [6, 6.07) is 5.27. The molecular formula is C18H16Cl3N5O. The van der Waals surface area contributed by atoms with Gasteiger partial charge in [0.2, 0.25) is 0 Å². The Hall–Kier alpha value is -2.02. The summed E-state index contributed by atoms with van der Waals surface area (Å²) in [4.78, 5) is 19.0. The van der Waals surface area contributed by atoms with Crippen molar-refractivity contribution in [1.82, 2.24) is 19.3 Å². The van der Waals surface area contributed by atoms with Crippen LogP contribution in [0, 0.1) is 0 Å². The fourth-order valence-electron chi connectivity index (χ4n) is 3.36. The topological polar surface area (TPSA) is 56.0 Å². The molecule has 1 aliphatic heterocycles. The van der Waals surface area contributed by atoms with Crippen LogP contribution in [0.3, 0.4) is 0 Å². The lowest BCUT2D eigenvalue weighted by atomic mass is 10.0. The molecule has 0 unspecified atom stereocenters. The Balaban J connectivity index is 1.59. The number of nitrogens with zero attached hydrogens (tertiary/aromatic N) is 5. The zero-order valence-electron chi connectivity index (χ0n) is 14.2. The first-order valence-corrected chi connectivity index (χ1v) is 9.63. The largest absolute Gasteiger partial charge is 0.369 e. The highest BCUT2D eigenvalue weighted by Crippen LogP contribution is 2.30. The van der Waals surface area contributed by atoms with Gasteiger partial charge >= 0.3 is 0 Å². The van der Waals surface area contributed by atoms with E-state index >= 15 is 0 Å². The molecule has 0 N–H and O–H groups in total. The molecule has 1 saturated heterocycles. The third-order valence-electron chi connectivity index (χ3n) is 4.79. The summed E-state index contributed by atoms with van der Waals surface area (Å²) >= 11 is 18.5. The average Bonchev–Trinajstić information content (AvgIpc) is 3.20. The molecule has 0 aliphatic carbocycles. The molecule has 3 aromatic rings. The van der Waals surface area contributed by atoms with E-state index in [1.165, 1.54) is 4.68 Å². The molecule has 4 rings (SSSR count). The van der Waals surface area contributed by atoms with Crippen LogP contribution < -0.4 is 10.5 Å². The predicted molar refractivity (Wildman–Crippen MR) is 108 cm³/mol. The molecule has 1 aromatic carbocycles. The van der Waals surface area contributed by atoms with E-state index in [2.05, 4.69) is 19.5 Å². The summed E-state index contributed by atoms with van der Waals surface area (Å²) in [5, 5.41) is 5.24. The second kappa shape index (κ2) is 7.54. The lowest BCUT2D eigenvalue weighted by molar-refractivity contribution is 0.395. The maximum absolute atomic E-state index is 12.8. The number of piperidine rings is 1. The highest BCUT2D eigenvalue weighted by molar-refractivity contribution is 6.36. The van der Waals surface area contributed by atoms with Gasteiger partial charge in [-0.2, -0.15) is 9.78 Å². The molecule has 2 aromatic heterocycles. The zero-order valence-corrected chi connectivity index (χ0v) is 16.5. The Kier molecular flexibility index (Phi) is 5.12. The van der Waals surface area contributed by atoms with Crippen molar-refractivity contribution in [1.29, 1.82) is 0 Å². The number of benzene rings is 1. The minimum Gasteiger partial charge on any atom is -0.369 e. The number of imidazole rings is 1. The van der Waals surface area contributed by atoms with Crippen molar-refractivity contribution in [2.24, 2.45) is 0 Å². The Morgan fingerprint density at radius 2 is 1.85 bits per heavy atom. The van der Waals surface area contributed by atoms with Crippen LogP contribution in [0.5, 0.6) is 0 Å². The third-order valence-corrected chi connectivity index (χ3v) is 5.68. The van der Waals surface area contributed by atoms with Gasteiger partial charge in [-0.3, -0.25) is 4.79 Å². The molecule has 3 heterocycles. The summed E-state index contributed by atoms with van der Waals surface area (Å²) in [6.07, 6.45) is 9.11. The molecule has 0 atom stereocenters. The lowest BCUT2D eigenvalue weighted by Crippen LogP contribution is -2.36. The summed E-state index contributed by atoms with van der Waals surface area (Å²) in [5.41, 5.74) is 0.681. The van der Waals surface area contributed by atoms with Crippen LogP contribution in [0.25, 0.3) is 5.69 Å². The summed E-state index contributed by atoms with van der Waals surface area (Å²) < 4.78 is 3.32. The summed E-state index contributed by atoms with van der Waals surface area (Å²) in [6.45, 7) is 1.57. The van der Waals surface area contributed by atoms with E-state index in [9.17, 15) is 4.79 Å². The molecule has 0 spiro atoms. The number of hydrogen-bond donors (Lipinski definition) is 0. The Morgan fingerprint density at radius 3 is 2.52 bits per heavy atom. The van der Waals surface area contributed by atoms with Crippen molar-refractivity contribution in [3.8, 4) is 5.69 Å². The van der Waals surface area contributed by atoms with Gasteiger partial charge in [-0.1, -0.05) is 34.8 Å². The standard InChI is InChI=1S/C18H16Cl3N5O/c19-12-1-2-15(14(20)9-12)26-18(27)17(21)16(10-23-26)24-6-3-13(4-7-24)25-8-5-22-11-25/h1-2,5,8-11,13H,3-4,6-7H2. The van der Waals surface area contributed by atoms with Crippen molar-refractivity contribution in [3.05, 3.63) is 68.5 Å². The quantitative estimate of drug-likeness (QED) is 0.631. The molecule has 140 valence electrons. The van der Waals surface area contributed by atoms with Crippen LogP contribution in [0.15, 0.2) is 47.9 Å². The SMILES string of the molecule is O=c1c(Cl)c(N2CCC(n3ccnc3)CC2)cnn1-c1ccc(Cl)cc1Cl. The first-order chi connectivity index (χ1) is 13.0. The van der Waals surface area contributed by atoms with Crippen molar-refractivity contribution in [3.63, 3.8) is 0 Å². The minimum atomic E-state index is -0.407. The highest BCUT2D eigenvalue weighted by Gasteiger charge is 2.24. The number of aromatic nitrogens is 4. The van der Waals surface area contributed by atoms with Crippen LogP contribution in [0.1, 0.15) is 18.9 Å². The number of anilines is 1. The maximum Gasteiger partial charge on any atom is 0.292 e. The maximum atomic E-state index is 12.8. The van der Waals surface area contributed by atoms with E-state index in [0.717, 1.165) is 25.9 Å². The van der Waals surface area contributed by atoms with Crippen LogP contribution in [0.4, 0.5) is 5.69 Å². The molecule has 27 heavy (non-hydrogen) atoms. The van der Waals surface area contributed by atoms with Gasteiger partial charge in [0.15, 0.2) is 0 Å². The van der Waals surface area contributed by atoms with Gasteiger partial charge in [0.1, 0.15) is 5.02 Å². The van der Waals surface area contributed by atoms with E-state index < -0.39 is 5.56 Å². The van der Waals surface area contributed by atoms with Crippen molar-refractivity contribution < 1.29 is 0 Å². The molecule has 0 saturated carbocycles. The fourth-order valence-corrected chi connectivity index (χ4v) is 4.10. The Labute approximate surface area is 170 Å². The second-order valence-corrected chi connectivity index (χ2v) is 7.61. The highest BCUT2D eigenvalue weighted by atomic mass is 35.5. The molecule has 6 nitrogen and oxygen atoms in total. The molecule has 1 aliphatic rings. The lowest BCUT2D eigenvalue weighted by Gasteiger charge is -2.34. The van der Waals surface area contributed by atoms with Gasteiger partial charge in [-0.25, -0.2) is 4.98 Å². The Bertz CT molecular complexity index is 1010. The van der Waals surface area contributed by atoms with Gasteiger partial charge in [0.05, 0.1) is 28.9 Å². The number of halogens is 3. The minimum absolute atomic E-state index is 0.136. The van der Waals surface area contributed by atoms with Crippen molar-refractivity contribution in [2.45, 2.75) is 18.9 Å². The summed E-state index contributed by atoms with van der Waals surface area (Å²) in [5.74, 6) is 0. The first-order valence-electron chi connectivity index (χ1n) is 8.50. The molecule has 9 heteroatoms. The first kappa shape index (κ1) is 18.3. The van der Waals surface area contributed by atoms with Gasteiger partial charge in [-0.15, -0.1) is 0 Å². The van der Waals surface area contributed by atoms with Gasteiger partial charge in [0, 0.05) is 36.5 Å². The van der Waals surface area contributed by atoms with Crippen LogP contribution in [-0.2, 0) is 0 Å². The van der Waals surface area contributed by atoms with E-state index in [0.29, 0.717) is 27.5 Å². The van der Waals surface area contributed by atoms with Crippen LogP contribution in [-0.4, -0.2) is 32.4 Å². The van der Waals surface area contributed by atoms with E-state index in [1.54, 1.807) is 30.6 Å². The molecule has 0 radical (unpaired) electrons. The fraction of sp³-hybridized carbons (Fsp3) is 0.278. The van der Waals surface area contributed by atoms with Crippen LogP contribution in [0.2, 0.25) is 15.1 Å². The van der Waals surface area contributed by atoms with Gasteiger partial charge in [0.25, 0.3) is 5.56 Å². The molecule has 0 bridgehead atoms. The molecule has 1 fully saturated rings. The predicted octanol–water partition coefficient (Wildman–Crippen LogP) is 4.23. The number of hydrogen-bond acceptors (Lipinski definition) is 4. The number of rotatable bonds is 3. The smallest absolute Gasteiger partial charge is 0.292 e.